The Morgan fingerprint density at radius 1 is 1.35 bits per heavy atom. The minimum atomic E-state index is 0.000892. The number of hydrogen-bond acceptors (Lipinski definition) is 2. The number of hydrogen-bond donors (Lipinski definition) is 3. The van der Waals surface area contributed by atoms with Crippen molar-refractivity contribution in [1.82, 2.24) is 10.6 Å². The van der Waals surface area contributed by atoms with Crippen molar-refractivity contribution in [2.45, 2.75) is 33.1 Å². The summed E-state index contributed by atoms with van der Waals surface area (Å²) in [5.74, 6) is 1.56. The first-order valence-electron chi connectivity index (χ1n) is 8.16. The van der Waals surface area contributed by atoms with Crippen LogP contribution in [0.3, 0.4) is 0 Å². The zero-order valence-corrected chi connectivity index (χ0v) is 15.4. The number of carbonyl (C=O) groups is 1. The molecule has 3 N–H and O–H groups in total. The van der Waals surface area contributed by atoms with E-state index in [9.17, 15) is 4.79 Å². The van der Waals surface area contributed by atoms with Crippen LogP contribution < -0.4 is 16.0 Å². The van der Waals surface area contributed by atoms with Gasteiger partial charge in [0.15, 0.2) is 5.96 Å². The number of rotatable bonds is 7. The lowest BCUT2D eigenvalue weighted by Crippen LogP contribution is -2.38. The van der Waals surface area contributed by atoms with E-state index in [4.69, 9.17) is 0 Å². The van der Waals surface area contributed by atoms with Gasteiger partial charge in [0.1, 0.15) is 0 Å². The van der Waals surface area contributed by atoms with E-state index in [0.29, 0.717) is 13.0 Å². The summed E-state index contributed by atoms with van der Waals surface area (Å²) in [6.45, 7) is 6.28. The molecule has 0 spiro atoms. The van der Waals surface area contributed by atoms with Gasteiger partial charge < -0.3 is 16.0 Å². The molecule has 23 heavy (non-hydrogen) atoms. The molecule has 1 aromatic carbocycles. The third-order valence-electron chi connectivity index (χ3n) is 3.66. The van der Waals surface area contributed by atoms with Crippen LogP contribution in [0.5, 0.6) is 0 Å². The molecule has 0 unspecified atom stereocenters. The molecule has 2 rings (SSSR count). The van der Waals surface area contributed by atoms with Gasteiger partial charge in [-0.25, -0.2) is 0 Å². The van der Waals surface area contributed by atoms with Crippen molar-refractivity contribution in [1.29, 1.82) is 0 Å². The van der Waals surface area contributed by atoms with Crippen molar-refractivity contribution < 1.29 is 4.79 Å². The van der Waals surface area contributed by atoms with E-state index < -0.39 is 0 Å². The first-order chi connectivity index (χ1) is 11.1. The van der Waals surface area contributed by atoms with Crippen molar-refractivity contribution >= 4 is 33.5 Å². The molecule has 1 saturated carbocycles. The van der Waals surface area contributed by atoms with Crippen LogP contribution in [0.15, 0.2) is 27.7 Å². The highest BCUT2D eigenvalue weighted by Crippen LogP contribution is 2.28. The van der Waals surface area contributed by atoms with Gasteiger partial charge in [-0.3, -0.25) is 9.79 Å². The summed E-state index contributed by atoms with van der Waals surface area (Å²) in [7, 11) is 0. The number of nitrogens with zero attached hydrogens (tertiary/aromatic N) is 1. The van der Waals surface area contributed by atoms with Gasteiger partial charge in [-0.2, -0.15) is 0 Å². The standard InChI is InChI=1S/C17H25BrN4O/c1-3-19-17(21-11-13-4-5-13)20-9-8-16(23)22-15-7-6-14(18)10-12(15)2/h6-7,10,13H,3-5,8-9,11H2,1-2H3,(H,22,23)(H2,19,20,21). The summed E-state index contributed by atoms with van der Waals surface area (Å²) in [5.41, 5.74) is 1.90. The topological polar surface area (TPSA) is 65.5 Å². The smallest absolute Gasteiger partial charge is 0.226 e. The first-order valence-corrected chi connectivity index (χ1v) is 8.96. The molecule has 0 saturated heterocycles. The number of halogens is 1. The van der Waals surface area contributed by atoms with E-state index in [-0.39, 0.29) is 5.91 Å². The highest BCUT2D eigenvalue weighted by Gasteiger charge is 2.20. The number of anilines is 1. The van der Waals surface area contributed by atoms with Crippen LogP contribution in [0.2, 0.25) is 0 Å². The van der Waals surface area contributed by atoms with E-state index in [2.05, 4.69) is 36.9 Å². The molecule has 0 radical (unpaired) electrons. The Morgan fingerprint density at radius 2 is 2.13 bits per heavy atom. The largest absolute Gasteiger partial charge is 0.357 e. The van der Waals surface area contributed by atoms with Crippen LogP contribution in [0, 0.1) is 12.8 Å². The van der Waals surface area contributed by atoms with Crippen LogP contribution in [-0.2, 0) is 4.79 Å². The quantitative estimate of drug-likeness (QED) is 0.503. The summed E-state index contributed by atoms with van der Waals surface area (Å²) >= 11 is 3.42. The number of carbonyl (C=O) groups excluding carboxylic acids is 1. The van der Waals surface area contributed by atoms with Crippen molar-refractivity contribution in [2.75, 3.05) is 25.0 Å². The van der Waals surface area contributed by atoms with Gasteiger partial charge >= 0.3 is 0 Å². The summed E-state index contributed by atoms with van der Waals surface area (Å²) in [5, 5.41) is 9.36. The Labute approximate surface area is 146 Å². The van der Waals surface area contributed by atoms with Gasteiger partial charge in [-0.05, 0) is 56.4 Å². The molecule has 1 fully saturated rings. The normalized spacial score (nSPS) is 14.5. The third-order valence-corrected chi connectivity index (χ3v) is 4.15. The number of amides is 1. The molecule has 5 nitrogen and oxygen atoms in total. The Hall–Kier alpha value is -1.56. The van der Waals surface area contributed by atoms with E-state index in [0.717, 1.165) is 40.7 Å². The van der Waals surface area contributed by atoms with Crippen LogP contribution >= 0.6 is 15.9 Å². The van der Waals surface area contributed by atoms with Gasteiger partial charge in [0, 0.05) is 36.2 Å². The predicted molar refractivity (Wildman–Crippen MR) is 98.8 cm³/mol. The van der Waals surface area contributed by atoms with Crippen molar-refractivity contribution in [3.8, 4) is 0 Å². The molecule has 1 aliphatic carbocycles. The van der Waals surface area contributed by atoms with Crippen LogP contribution in [0.25, 0.3) is 0 Å². The molecular formula is C17H25BrN4O. The van der Waals surface area contributed by atoms with E-state index in [1.165, 1.54) is 12.8 Å². The molecule has 1 aromatic rings. The fraction of sp³-hybridized carbons (Fsp3) is 0.529. The second-order valence-corrected chi connectivity index (χ2v) is 6.76. The molecule has 0 bridgehead atoms. The first kappa shape index (κ1) is 17.8. The molecule has 6 heteroatoms. The number of aryl methyl sites for hydroxylation is 1. The van der Waals surface area contributed by atoms with Crippen molar-refractivity contribution in [3.63, 3.8) is 0 Å². The highest BCUT2D eigenvalue weighted by molar-refractivity contribution is 9.10. The van der Waals surface area contributed by atoms with Crippen molar-refractivity contribution in [2.24, 2.45) is 10.9 Å². The minimum Gasteiger partial charge on any atom is -0.357 e. The average Bonchev–Trinajstić information content (AvgIpc) is 3.32. The fourth-order valence-electron chi connectivity index (χ4n) is 2.14. The number of guanidine groups is 1. The lowest BCUT2D eigenvalue weighted by atomic mass is 10.2. The fourth-order valence-corrected chi connectivity index (χ4v) is 2.61. The Morgan fingerprint density at radius 3 is 2.78 bits per heavy atom. The summed E-state index contributed by atoms with van der Waals surface area (Å²) in [4.78, 5) is 16.6. The maximum Gasteiger partial charge on any atom is 0.226 e. The SMILES string of the molecule is CCNC(=NCC1CC1)NCCC(=O)Nc1ccc(Br)cc1C. The second kappa shape index (κ2) is 8.91. The molecule has 1 amide bonds. The molecule has 0 aromatic heterocycles. The van der Waals surface area contributed by atoms with Gasteiger partial charge in [0.2, 0.25) is 5.91 Å². The number of aliphatic imine (C=N–C) groups is 1. The third kappa shape index (κ3) is 6.60. The molecule has 1 aliphatic rings. The van der Waals surface area contributed by atoms with E-state index in [1.807, 2.05) is 32.0 Å². The van der Waals surface area contributed by atoms with Crippen LogP contribution in [-0.4, -0.2) is 31.5 Å². The van der Waals surface area contributed by atoms with Crippen molar-refractivity contribution in [3.05, 3.63) is 28.2 Å². The lowest BCUT2D eigenvalue weighted by molar-refractivity contribution is -0.116. The minimum absolute atomic E-state index is 0.000892. The molecular weight excluding hydrogens is 356 g/mol. The molecule has 0 atom stereocenters. The van der Waals surface area contributed by atoms with E-state index in [1.54, 1.807) is 0 Å². The Bertz CT molecular complexity index is 570. The molecule has 0 heterocycles. The monoisotopic (exact) mass is 380 g/mol. The summed E-state index contributed by atoms with van der Waals surface area (Å²) in [6, 6.07) is 5.82. The molecule has 126 valence electrons. The van der Waals surface area contributed by atoms with Crippen LogP contribution in [0.4, 0.5) is 5.69 Å². The average molecular weight is 381 g/mol. The molecule has 0 aliphatic heterocycles. The summed E-state index contributed by atoms with van der Waals surface area (Å²) in [6.07, 6.45) is 2.99. The lowest BCUT2D eigenvalue weighted by Gasteiger charge is -2.12. The van der Waals surface area contributed by atoms with Gasteiger partial charge in [0.05, 0.1) is 0 Å². The number of benzene rings is 1. The zero-order valence-electron chi connectivity index (χ0n) is 13.8. The second-order valence-electron chi connectivity index (χ2n) is 5.85. The predicted octanol–water partition coefficient (Wildman–Crippen LogP) is 3.05. The number of nitrogens with one attached hydrogen (secondary N) is 3. The van der Waals surface area contributed by atoms with Gasteiger partial charge in [0.25, 0.3) is 0 Å². The summed E-state index contributed by atoms with van der Waals surface area (Å²) < 4.78 is 1.01. The van der Waals surface area contributed by atoms with Gasteiger partial charge in [-0.15, -0.1) is 0 Å². The maximum absolute atomic E-state index is 12.0. The van der Waals surface area contributed by atoms with Gasteiger partial charge in [-0.1, -0.05) is 15.9 Å². The van der Waals surface area contributed by atoms with Crippen LogP contribution in [0.1, 0.15) is 31.7 Å². The maximum atomic E-state index is 12.0. The Kier molecular flexibility index (Phi) is 6.89. The van der Waals surface area contributed by atoms with E-state index >= 15 is 0 Å². The Balaban J connectivity index is 1.75. The highest BCUT2D eigenvalue weighted by atomic mass is 79.9. The zero-order chi connectivity index (χ0) is 16.7.